The molecular formula is C21H22N4O5S2. The van der Waals surface area contributed by atoms with Crippen LogP contribution in [0.1, 0.15) is 36.0 Å². The van der Waals surface area contributed by atoms with Gasteiger partial charge in [0.1, 0.15) is 0 Å². The fraction of sp³-hybridized carbons (Fsp3) is 0.333. The van der Waals surface area contributed by atoms with Crippen molar-refractivity contribution in [3.8, 4) is 0 Å². The van der Waals surface area contributed by atoms with Crippen molar-refractivity contribution in [2.45, 2.75) is 30.6 Å². The minimum Gasteiger partial charge on any atom is -0.319 e. The molecule has 1 aliphatic heterocycles. The number of nitro benzene ring substituents is 1. The molecule has 168 valence electrons. The summed E-state index contributed by atoms with van der Waals surface area (Å²) in [6.07, 6.45) is 3.76. The molecular weight excluding hydrogens is 452 g/mol. The quantitative estimate of drug-likeness (QED) is 0.424. The van der Waals surface area contributed by atoms with Gasteiger partial charge in [-0.3, -0.25) is 14.9 Å². The van der Waals surface area contributed by atoms with Gasteiger partial charge < -0.3 is 4.57 Å². The van der Waals surface area contributed by atoms with E-state index in [0.29, 0.717) is 23.4 Å². The number of amides is 1. The minimum absolute atomic E-state index is 0.0371. The number of fused-ring (bicyclic) bond motifs is 1. The van der Waals surface area contributed by atoms with Crippen molar-refractivity contribution in [1.29, 1.82) is 0 Å². The van der Waals surface area contributed by atoms with Gasteiger partial charge in [-0.25, -0.2) is 8.42 Å². The van der Waals surface area contributed by atoms with E-state index in [-0.39, 0.29) is 16.1 Å². The topological polar surface area (TPSA) is 115 Å². The van der Waals surface area contributed by atoms with Crippen LogP contribution in [0.3, 0.4) is 0 Å². The molecule has 0 unspecified atom stereocenters. The normalized spacial score (nSPS) is 16.2. The molecule has 1 saturated heterocycles. The fourth-order valence-corrected chi connectivity index (χ4v) is 6.20. The second-order valence-corrected chi connectivity index (χ2v) is 10.6. The molecule has 0 aliphatic carbocycles. The number of aromatic nitrogens is 1. The Hall–Kier alpha value is -2.89. The van der Waals surface area contributed by atoms with E-state index in [9.17, 15) is 23.3 Å². The molecule has 9 nitrogen and oxygen atoms in total. The summed E-state index contributed by atoms with van der Waals surface area (Å²) in [6, 6.07) is 10.3. The Kier molecular flexibility index (Phi) is 6.22. The van der Waals surface area contributed by atoms with Gasteiger partial charge >= 0.3 is 0 Å². The van der Waals surface area contributed by atoms with Crippen molar-refractivity contribution in [2.24, 2.45) is 12.0 Å². The van der Waals surface area contributed by atoms with E-state index in [1.165, 1.54) is 52.0 Å². The molecule has 2 aromatic carbocycles. The van der Waals surface area contributed by atoms with Crippen molar-refractivity contribution in [2.75, 3.05) is 13.1 Å². The molecule has 0 saturated carbocycles. The number of thiazole rings is 1. The first kappa shape index (κ1) is 22.3. The van der Waals surface area contributed by atoms with E-state index in [1.54, 1.807) is 17.7 Å². The van der Waals surface area contributed by atoms with Crippen molar-refractivity contribution < 1.29 is 18.1 Å². The van der Waals surface area contributed by atoms with E-state index in [1.807, 2.05) is 0 Å². The van der Waals surface area contributed by atoms with Crippen LogP contribution in [0, 0.1) is 10.1 Å². The number of carbonyl (C=O) groups excluding carboxylic acids is 1. The predicted octanol–water partition coefficient (Wildman–Crippen LogP) is 3.45. The third kappa shape index (κ3) is 4.36. The zero-order valence-electron chi connectivity index (χ0n) is 17.4. The van der Waals surface area contributed by atoms with Crippen LogP contribution < -0.4 is 4.80 Å². The molecule has 0 spiro atoms. The molecule has 0 radical (unpaired) electrons. The maximum atomic E-state index is 12.9. The first-order valence-electron chi connectivity index (χ1n) is 10.2. The van der Waals surface area contributed by atoms with Gasteiger partial charge in [-0.05, 0) is 43.2 Å². The summed E-state index contributed by atoms with van der Waals surface area (Å²) in [6.45, 7) is 1.03. The Morgan fingerprint density at radius 3 is 2.34 bits per heavy atom. The van der Waals surface area contributed by atoms with Crippen molar-refractivity contribution in [3.63, 3.8) is 0 Å². The Morgan fingerprint density at radius 2 is 1.72 bits per heavy atom. The lowest BCUT2D eigenvalue weighted by molar-refractivity contribution is -0.384. The third-order valence-electron chi connectivity index (χ3n) is 5.50. The smallest absolute Gasteiger partial charge is 0.279 e. The van der Waals surface area contributed by atoms with E-state index in [0.717, 1.165) is 30.4 Å². The van der Waals surface area contributed by atoms with Gasteiger partial charge in [0.25, 0.3) is 11.6 Å². The van der Waals surface area contributed by atoms with Crippen LogP contribution >= 0.6 is 11.3 Å². The molecule has 0 N–H and O–H groups in total. The minimum atomic E-state index is -3.59. The summed E-state index contributed by atoms with van der Waals surface area (Å²) in [5.41, 5.74) is 0.836. The van der Waals surface area contributed by atoms with Crippen LogP contribution in [-0.4, -0.2) is 41.2 Å². The van der Waals surface area contributed by atoms with Gasteiger partial charge in [-0.1, -0.05) is 24.2 Å². The highest BCUT2D eigenvalue weighted by atomic mass is 32.2. The van der Waals surface area contributed by atoms with Crippen LogP contribution in [0.2, 0.25) is 0 Å². The van der Waals surface area contributed by atoms with Gasteiger partial charge in [0.15, 0.2) is 4.80 Å². The molecule has 0 atom stereocenters. The standard InChI is InChI=1S/C21H22N4O5S2/c1-23-18-14-16(25(27)28)8-11-19(18)31-21(23)22-20(26)15-6-9-17(10-7-15)32(29,30)24-12-4-2-3-5-13-24/h6-11,14H,2-5,12-13H2,1H3. The molecule has 2 heterocycles. The lowest BCUT2D eigenvalue weighted by Crippen LogP contribution is -2.31. The van der Waals surface area contributed by atoms with Gasteiger partial charge in [0.2, 0.25) is 10.0 Å². The monoisotopic (exact) mass is 474 g/mol. The van der Waals surface area contributed by atoms with E-state index < -0.39 is 20.9 Å². The molecule has 1 amide bonds. The molecule has 3 aromatic rings. The molecule has 32 heavy (non-hydrogen) atoms. The second-order valence-electron chi connectivity index (χ2n) is 7.61. The highest BCUT2D eigenvalue weighted by Gasteiger charge is 2.25. The maximum Gasteiger partial charge on any atom is 0.279 e. The third-order valence-corrected chi connectivity index (χ3v) is 8.53. The molecule has 11 heteroatoms. The predicted molar refractivity (Wildman–Crippen MR) is 121 cm³/mol. The lowest BCUT2D eigenvalue weighted by Gasteiger charge is -2.19. The zero-order valence-corrected chi connectivity index (χ0v) is 19.1. The largest absolute Gasteiger partial charge is 0.319 e. The second kappa shape index (κ2) is 8.93. The number of nitrogens with zero attached hydrogens (tertiary/aromatic N) is 4. The number of hydrogen-bond donors (Lipinski definition) is 0. The highest BCUT2D eigenvalue weighted by molar-refractivity contribution is 7.89. The Bertz CT molecular complexity index is 1350. The van der Waals surface area contributed by atoms with E-state index >= 15 is 0 Å². The van der Waals surface area contributed by atoms with Crippen molar-refractivity contribution >= 4 is 43.2 Å². The summed E-state index contributed by atoms with van der Waals surface area (Å²) in [7, 11) is -1.90. The van der Waals surface area contributed by atoms with E-state index in [4.69, 9.17) is 0 Å². The van der Waals surface area contributed by atoms with Crippen LogP contribution in [0.5, 0.6) is 0 Å². The molecule has 0 bridgehead atoms. The molecule has 1 aromatic heterocycles. The molecule has 4 rings (SSSR count). The van der Waals surface area contributed by atoms with Crippen molar-refractivity contribution in [3.05, 3.63) is 62.9 Å². The highest BCUT2D eigenvalue weighted by Crippen LogP contribution is 2.23. The first-order valence-corrected chi connectivity index (χ1v) is 12.5. The number of non-ortho nitro benzene ring substituents is 1. The van der Waals surface area contributed by atoms with Crippen LogP contribution in [0.15, 0.2) is 52.4 Å². The van der Waals surface area contributed by atoms with Gasteiger partial charge in [-0.2, -0.15) is 9.30 Å². The lowest BCUT2D eigenvalue weighted by atomic mass is 10.2. The average molecular weight is 475 g/mol. The van der Waals surface area contributed by atoms with Crippen LogP contribution in [0.25, 0.3) is 10.2 Å². The summed E-state index contributed by atoms with van der Waals surface area (Å²) in [4.78, 5) is 27.9. The zero-order chi connectivity index (χ0) is 22.9. The van der Waals surface area contributed by atoms with Gasteiger partial charge in [0, 0.05) is 37.8 Å². The Labute approximate surface area is 188 Å². The van der Waals surface area contributed by atoms with Gasteiger partial charge in [-0.15, -0.1) is 0 Å². The van der Waals surface area contributed by atoms with Crippen molar-refractivity contribution in [1.82, 2.24) is 8.87 Å². The first-order chi connectivity index (χ1) is 15.3. The van der Waals surface area contributed by atoms with Crippen LogP contribution in [0.4, 0.5) is 5.69 Å². The number of hydrogen-bond acceptors (Lipinski definition) is 6. The summed E-state index contributed by atoms with van der Waals surface area (Å²) < 4.78 is 29.7. The summed E-state index contributed by atoms with van der Waals surface area (Å²) in [5.74, 6) is -0.514. The van der Waals surface area contributed by atoms with Crippen LogP contribution in [-0.2, 0) is 17.1 Å². The van der Waals surface area contributed by atoms with E-state index in [2.05, 4.69) is 4.99 Å². The number of carbonyl (C=O) groups is 1. The molecule has 1 aliphatic rings. The Balaban J connectivity index is 1.61. The maximum absolute atomic E-state index is 12.9. The SMILES string of the molecule is Cn1c(=NC(=O)c2ccc(S(=O)(=O)N3CCCCCC3)cc2)sc2ccc([N+](=O)[O-])cc21. The Morgan fingerprint density at radius 1 is 1.06 bits per heavy atom. The summed E-state index contributed by atoms with van der Waals surface area (Å²) >= 11 is 1.25. The number of benzene rings is 2. The number of rotatable bonds is 4. The molecule has 1 fully saturated rings. The number of aryl methyl sites for hydroxylation is 1. The number of nitro groups is 1. The average Bonchev–Trinajstić information content (AvgIpc) is 2.96. The summed E-state index contributed by atoms with van der Waals surface area (Å²) in [5, 5.41) is 11.0. The number of sulfonamides is 1. The van der Waals surface area contributed by atoms with Gasteiger partial charge in [0.05, 0.1) is 20.0 Å². The fourth-order valence-electron chi connectivity index (χ4n) is 3.69.